The van der Waals surface area contributed by atoms with Gasteiger partial charge in [-0.15, -0.1) is 0 Å². The van der Waals surface area contributed by atoms with Crippen molar-refractivity contribution in [1.82, 2.24) is 24.8 Å². The van der Waals surface area contributed by atoms with Crippen LogP contribution in [-0.4, -0.2) is 38.4 Å². The summed E-state index contributed by atoms with van der Waals surface area (Å²) >= 11 is 0. The third-order valence-electron chi connectivity index (χ3n) is 4.02. The number of halogens is 1. The van der Waals surface area contributed by atoms with Crippen molar-refractivity contribution in [3.63, 3.8) is 0 Å². The summed E-state index contributed by atoms with van der Waals surface area (Å²) in [5.41, 5.74) is 2.99. The average Bonchev–Trinajstić information content (AvgIpc) is 3.14. The van der Waals surface area contributed by atoms with E-state index in [1.165, 1.54) is 12.1 Å². The molecule has 0 spiro atoms. The molecule has 0 saturated carbocycles. The summed E-state index contributed by atoms with van der Waals surface area (Å²) in [7, 11) is 3.94. The predicted molar refractivity (Wildman–Crippen MR) is 92.3 cm³/mol. The van der Waals surface area contributed by atoms with Gasteiger partial charge in [-0.2, -0.15) is 10.1 Å². The zero-order valence-corrected chi connectivity index (χ0v) is 14.7. The highest BCUT2D eigenvalue weighted by atomic mass is 19.1. The summed E-state index contributed by atoms with van der Waals surface area (Å²) < 4.78 is 20.0. The quantitative estimate of drug-likeness (QED) is 0.660. The number of nitrogens with zero attached hydrogens (tertiary/aromatic N) is 5. The molecule has 0 N–H and O–H groups in total. The minimum Gasteiger partial charge on any atom is -0.338 e. The first-order valence-corrected chi connectivity index (χ1v) is 8.28. The lowest BCUT2D eigenvalue weighted by Crippen LogP contribution is -2.19. The van der Waals surface area contributed by atoms with Crippen molar-refractivity contribution in [2.75, 3.05) is 13.6 Å². The Bertz CT molecular complexity index is 824. The molecule has 0 aliphatic heterocycles. The van der Waals surface area contributed by atoms with Gasteiger partial charge in [0.2, 0.25) is 5.89 Å². The SMILES string of the molecule is Cc1noc(CN(C)CCCc2cc(-c3ccc(F)cc3)n(C)n2)n1. The van der Waals surface area contributed by atoms with Crippen LogP contribution in [-0.2, 0) is 20.0 Å². The third kappa shape index (κ3) is 4.51. The third-order valence-corrected chi connectivity index (χ3v) is 4.02. The Kier molecular flexibility index (Phi) is 5.23. The van der Waals surface area contributed by atoms with Crippen LogP contribution in [0, 0.1) is 12.7 Å². The van der Waals surface area contributed by atoms with Crippen LogP contribution < -0.4 is 0 Å². The second kappa shape index (κ2) is 7.57. The van der Waals surface area contributed by atoms with E-state index in [0.717, 1.165) is 36.3 Å². The molecule has 1 aromatic carbocycles. The summed E-state index contributed by atoms with van der Waals surface area (Å²) in [6.45, 7) is 3.36. The number of hydrogen-bond acceptors (Lipinski definition) is 5. The van der Waals surface area contributed by atoms with E-state index >= 15 is 0 Å². The van der Waals surface area contributed by atoms with Gasteiger partial charge >= 0.3 is 0 Å². The molecule has 2 aromatic heterocycles. The Hall–Kier alpha value is -2.54. The molecular weight excluding hydrogens is 321 g/mol. The molecule has 0 radical (unpaired) electrons. The molecule has 6 nitrogen and oxygen atoms in total. The van der Waals surface area contributed by atoms with Crippen LogP contribution in [0.2, 0.25) is 0 Å². The summed E-state index contributed by atoms with van der Waals surface area (Å²) in [6.07, 6.45) is 1.85. The first kappa shape index (κ1) is 17.3. The van der Waals surface area contributed by atoms with Gasteiger partial charge in [0.05, 0.1) is 17.9 Å². The maximum Gasteiger partial charge on any atom is 0.240 e. The lowest BCUT2D eigenvalue weighted by Gasteiger charge is -2.13. The van der Waals surface area contributed by atoms with E-state index < -0.39 is 0 Å². The van der Waals surface area contributed by atoms with Crippen LogP contribution in [0.4, 0.5) is 4.39 Å². The number of aryl methyl sites for hydroxylation is 3. The van der Waals surface area contributed by atoms with Crippen molar-refractivity contribution in [3.05, 3.63) is 53.6 Å². The minimum atomic E-state index is -0.231. The first-order valence-electron chi connectivity index (χ1n) is 8.28. The van der Waals surface area contributed by atoms with E-state index in [0.29, 0.717) is 18.3 Å². The van der Waals surface area contributed by atoms with Gasteiger partial charge in [0.1, 0.15) is 5.82 Å². The molecule has 2 heterocycles. The highest BCUT2D eigenvalue weighted by Crippen LogP contribution is 2.20. The molecule has 0 bridgehead atoms. The molecule has 25 heavy (non-hydrogen) atoms. The predicted octanol–water partition coefficient (Wildman–Crippen LogP) is 2.98. The molecule has 0 aliphatic rings. The lowest BCUT2D eigenvalue weighted by molar-refractivity contribution is 0.264. The number of benzene rings is 1. The Morgan fingerprint density at radius 1 is 1.24 bits per heavy atom. The molecule has 0 saturated heterocycles. The van der Waals surface area contributed by atoms with Crippen LogP contribution in [0.1, 0.15) is 23.8 Å². The van der Waals surface area contributed by atoms with Crippen molar-refractivity contribution in [2.24, 2.45) is 7.05 Å². The summed E-state index contributed by atoms with van der Waals surface area (Å²) in [6, 6.07) is 8.55. The maximum absolute atomic E-state index is 13.1. The second-order valence-corrected chi connectivity index (χ2v) is 6.23. The van der Waals surface area contributed by atoms with Crippen molar-refractivity contribution in [2.45, 2.75) is 26.3 Å². The van der Waals surface area contributed by atoms with E-state index in [4.69, 9.17) is 4.52 Å². The van der Waals surface area contributed by atoms with Crippen molar-refractivity contribution < 1.29 is 8.91 Å². The van der Waals surface area contributed by atoms with Gasteiger partial charge in [-0.05, 0) is 69.3 Å². The Morgan fingerprint density at radius 2 is 2.00 bits per heavy atom. The van der Waals surface area contributed by atoms with Gasteiger partial charge in [-0.3, -0.25) is 9.58 Å². The van der Waals surface area contributed by atoms with Crippen molar-refractivity contribution in [1.29, 1.82) is 0 Å². The zero-order chi connectivity index (χ0) is 17.8. The summed E-state index contributed by atoms with van der Waals surface area (Å²) in [4.78, 5) is 6.36. The van der Waals surface area contributed by atoms with E-state index in [-0.39, 0.29) is 5.82 Å². The van der Waals surface area contributed by atoms with Crippen LogP contribution in [0.3, 0.4) is 0 Å². The molecule has 0 fully saturated rings. The van der Waals surface area contributed by atoms with Crippen molar-refractivity contribution in [3.8, 4) is 11.3 Å². The molecule has 3 rings (SSSR count). The Balaban J connectivity index is 1.53. The maximum atomic E-state index is 13.1. The lowest BCUT2D eigenvalue weighted by atomic mass is 10.1. The fourth-order valence-corrected chi connectivity index (χ4v) is 2.78. The van der Waals surface area contributed by atoms with E-state index in [2.05, 4.69) is 26.2 Å². The van der Waals surface area contributed by atoms with E-state index in [1.54, 1.807) is 12.1 Å². The Labute approximate surface area is 146 Å². The van der Waals surface area contributed by atoms with Gasteiger partial charge in [0.15, 0.2) is 5.82 Å². The van der Waals surface area contributed by atoms with E-state index in [9.17, 15) is 4.39 Å². The molecule has 0 atom stereocenters. The highest BCUT2D eigenvalue weighted by Gasteiger charge is 2.10. The molecule has 132 valence electrons. The zero-order valence-electron chi connectivity index (χ0n) is 14.7. The van der Waals surface area contributed by atoms with Gasteiger partial charge in [0.25, 0.3) is 0 Å². The van der Waals surface area contributed by atoms with Gasteiger partial charge in [-0.25, -0.2) is 4.39 Å². The largest absolute Gasteiger partial charge is 0.338 e. The van der Waals surface area contributed by atoms with Gasteiger partial charge in [-0.1, -0.05) is 5.16 Å². The second-order valence-electron chi connectivity index (χ2n) is 6.23. The van der Waals surface area contributed by atoms with Gasteiger partial charge < -0.3 is 4.52 Å². The molecule has 7 heteroatoms. The van der Waals surface area contributed by atoms with Crippen LogP contribution in [0.15, 0.2) is 34.9 Å². The first-order chi connectivity index (χ1) is 12.0. The smallest absolute Gasteiger partial charge is 0.240 e. The molecule has 0 unspecified atom stereocenters. The molecule has 3 aromatic rings. The normalized spacial score (nSPS) is 11.4. The number of aromatic nitrogens is 4. The topological polar surface area (TPSA) is 60.0 Å². The van der Waals surface area contributed by atoms with Crippen LogP contribution in [0.5, 0.6) is 0 Å². The summed E-state index contributed by atoms with van der Waals surface area (Å²) in [5, 5.41) is 8.35. The summed E-state index contributed by atoms with van der Waals surface area (Å²) in [5.74, 6) is 1.06. The molecule has 0 amide bonds. The average molecular weight is 343 g/mol. The van der Waals surface area contributed by atoms with Crippen molar-refractivity contribution >= 4 is 0 Å². The highest BCUT2D eigenvalue weighted by molar-refractivity contribution is 5.59. The fraction of sp³-hybridized carbons (Fsp3) is 0.389. The fourth-order valence-electron chi connectivity index (χ4n) is 2.78. The molecular formula is C18H22FN5O. The van der Waals surface area contributed by atoms with Crippen LogP contribution in [0.25, 0.3) is 11.3 Å². The Morgan fingerprint density at radius 3 is 2.68 bits per heavy atom. The van der Waals surface area contributed by atoms with Crippen LogP contribution >= 0.6 is 0 Å². The molecule has 0 aliphatic carbocycles. The minimum absolute atomic E-state index is 0.231. The van der Waals surface area contributed by atoms with Gasteiger partial charge in [0, 0.05) is 7.05 Å². The number of hydrogen-bond donors (Lipinski definition) is 0. The monoisotopic (exact) mass is 343 g/mol. The number of rotatable bonds is 7. The standard InChI is InChI=1S/C18H22FN5O/c1-13-20-18(25-22-13)12-23(2)10-4-5-16-11-17(24(3)21-16)14-6-8-15(19)9-7-14/h6-9,11H,4-5,10,12H2,1-3H3. The van der Waals surface area contributed by atoms with E-state index in [1.807, 2.05) is 25.7 Å².